The lowest BCUT2D eigenvalue weighted by Gasteiger charge is -2.16. The van der Waals surface area contributed by atoms with E-state index in [0.717, 1.165) is 5.76 Å². The van der Waals surface area contributed by atoms with Crippen LogP contribution in [-0.2, 0) is 16.1 Å². The number of hydrogen-bond donors (Lipinski definition) is 2. The number of esters is 1. The van der Waals surface area contributed by atoms with Crippen LogP contribution in [0.4, 0.5) is 11.4 Å². The summed E-state index contributed by atoms with van der Waals surface area (Å²) in [6.45, 7) is 1.92. The summed E-state index contributed by atoms with van der Waals surface area (Å²) in [6, 6.07) is 15.5. The molecule has 3 rings (SSSR count). The second-order valence-corrected chi connectivity index (χ2v) is 6.59. The Morgan fingerprint density at radius 1 is 1.00 bits per heavy atom. The number of nitrogens with one attached hydrogen (secondary N) is 2. The van der Waals surface area contributed by atoms with Crippen LogP contribution in [0.2, 0.25) is 0 Å². The monoisotopic (exact) mass is 424 g/mol. The number of anilines is 2. The van der Waals surface area contributed by atoms with E-state index in [4.69, 9.17) is 18.6 Å². The number of ether oxygens (including phenoxy) is 3. The van der Waals surface area contributed by atoms with E-state index in [2.05, 4.69) is 10.6 Å². The number of furan rings is 1. The maximum absolute atomic E-state index is 12.7. The molecule has 0 aliphatic carbocycles. The Hall–Kier alpha value is -3.94. The molecule has 31 heavy (non-hydrogen) atoms. The fraction of sp³-hybridized carbons (Fsp3) is 0.217. The smallest absolute Gasteiger partial charge is 0.341 e. The molecule has 8 heteroatoms. The number of methoxy groups -OCH3 is 2. The Labute approximate surface area is 180 Å². The van der Waals surface area contributed by atoms with E-state index in [1.807, 2.05) is 6.07 Å². The lowest BCUT2D eigenvalue weighted by atomic mass is 10.1. The number of carbonyl (C=O) groups excluding carboxylic acids is 2. The van der Waals surface area contributed by atoms with E-state index in [0.29, 0.717) is 35.0 Å². The minimum Gasteiger partial charge on any atom is -0.493 e. The van der Waals surface area contributed by atoms with Gasteiger partial charge in [-0.05, 0) is 43.3 Å². The van der Waals surface area contributed by atoms with E-state index >= 15 is 0 Å². The van der Waals surface area contributed by atoms with Gasteiger partial charge in [-0.15, -0.1) is 0 Å². The summed E-state index contributed by atoms with van der Waals surface area (Å²) >= 11 is 0. The third kappa shape index (κ3) is 5.57. The topological polar surface area (TPSA) is 99.0 Å². The van der Waals surface area contributed by atoms with E-state index in [-0.39, 0.29) is 0 Å². The first kappa shape index (κ1) is 21.8. The van der Waals surface area contributed by atoms with Crippen LogP contribution in [0.15, 0.2) is 65.3 Å². The molecule has 8 nitrogen and oxygen atoms in total. The van der Waals surface area contributed by atoms with Gasteiger partial charge in [0.05, 0.1) is 32.6 Å². The summed E-state index contributed by atoms with van der Waals surface area (Å²) in [6.07, 6.45) is 0.564. The molecule has 0 spiro atoms. The predicted molar refractivity (Wildman–Crippen MR) is 116 cm³/mol. The SMILES string of the molecule is COc1ccc(NC(=O)C(C)OC(=O)c2ccccc2NCc2ccco2)cc1OC. The summed E-state index contributed by atoms with van der Waals surface area (Å²) in [5.41, 5.74) is 1.39. The maximum Gasteiger partial charge on any atom is 0.341 e. The molecule has 2 N–H and O–H groups in total. The Kier molecular flexibility index (Phi) is 7.16. The van der Waals surface area contributed by atoms with Crippen molar-refractivity contribution < 1.29 is 28.2 Å². The van der Waals surface area contributed by atoms with Gasteiger partial charge in [-0.2, -0.15) is 0 Å². The standard InChI is InChI=1S/C23H24N2O6/c1-15(22(26)25-16-10-11-20(28-2)21(13-16)29-3)31-23(27)18-8-4-5-9-19(18)24-14-17-7-6-12-30-17/h4-13,15,24H,14H2,1-3H3,(H,25,26). The van der Waals surface area contributed by atoms with Crippen LogP contribution in [0.25, 0.3) is 0 Å². The molecule has 0 saturated carbocycles. The molecular formula is C23H24N2O6. The number of hydrogen-bond acceptors (Lipinski definition) is 7. The first-order valence-electron chi connectivity index (χ1n) is 9.61. The molecule has 162 valence electrons. The van der Waals surface area contributed by atoms with Gasteiger partial charge in [0.25, 0.3) is 5.91 Å². The summed E-state index contributed by atoms with van der Waals surface area (Å²) in [4.78, 5) is 25.2. The number of amides is 1. The summed E-state index contributed by atoms with van der Waals surface area (Å²) in [5, 5.41) is 5.84. The van der Waals surface area contributed by atoms with Crippen molar-refractivity contribution in [3.8, 4) is 11.5 Å². The summed E-state index contributed by atoms with van der Waals surface area (Å²) < 4.78 is 21.1. The van der Waals surface area contributed by atoms with Crippen LogP contribution in [0.3, 0.4) is 0 Å². The number of benzene rings is 2. The van der Waals surface area contributed by atoms with Crippen LogP contribution in [0.5, 0.6) is 11.5 Å². The second-order valence-electron chi connectivity index (χ2n) is 6.59. The first-order valence-corrected chi connectivity index (χ1v) is 9.61. The average molecular weight is 424 g/mol. The van der Waals surface area contributed by atoms with Gasteiger partial charge in [-0.25, -0.2) is 4.79 Å². The number of para-hydroxylation sites is 1. The molecule has 0 saturated heterocycles. The fourth-order valence-electron chi connectivity index (χ4n) is 2.85. The van der Waals surface area contributed by atoms with Crippen molar-refractivity contribution in [1.29, 1.82) is 0 Å². The average Bonchev–Trinajstić information content (AvgIpc) is 3.31. The lowest BCUT2D eigenvalue weighted by molar-refractivity contribution is -0.123. The quantitative estimate of drug-likeness (QED) is 0.499. The summed E-state index contributed by atoms with van der Waals surface area (Å²) in [5.74, 6) is 0.657. The van der Waals surface area contributed by atoms with Crippen LogP contribution in [-0.4, -0.2) is 32.2 Å². The van der Waals surface area contributed by atoms with Crippen molar-refractivity contribution in [2.24, 2.45) is 0 Å². The third-order valence-corrected chi connectivity index (χ3v) is 4.48. The molecule has 1 amide bonds. The van der Waals surface area contributed by atoms with Gasteiger partial charge >= 0.3 is 5.97 Å². The van der Waals surface area contributed by atoms with Crippen molar-refractivity contribution in [2.75, 3.05) is 24.9 Å². The highest BCUT2D eigenvalue weighted by Gasteiger charge is 2.21. The summed E-state index contributed by atoms with van der Waals surface area (Å²) in [7, 11) is 3.03. The molecule has 0 fully saturated rings. The van der Waals surface area contributed by atoms with Crippen molar-refractivity contribution in [2.45, 2.75) is 19.6 Å². The third-order valence-electron chi connectivity index (χ3n) is 4.48. The van der Waals surface area contributed by atoms with Crippen LogP contribution in [0.1, 0.15) is 23.0 Å². The van der Waals surface area contributed by atoms with Crippen LogP contribution < -0.4 is 20.1 Å². The largest absolute Gasteiger partial charge is 0.493 e. The van der Waals surface area contributed by atoms with Gasteiger partial charge in [0.2, 0.25) is 0 Å². The van der Waals surface area contributed by atoms with Gasteiger partial charge in [0.1, 0.15) is 5.76 Å². The first-order chi connectivity index (χ1) is 15.0. The molecule has 0 aliphatic heterocycles. The molecule has 1 heterocycles. The van der Waals surface area contributed by atoms with Gasteiger partial charge < -0.3 is 29.3 Å². The van der Waals surface area contributed by atoms with Crippen molar-refractivity contribution >= 4 is 23.3 Å². The maximum atomic E-state index is 12.7. The van der Waals surface area contributed by atoms with E-state index in [1.165, 1.54) is 21.1 Å². The van der Waals surface area contributed by atoms with Gasteiger partial charge in [0, 0.05) is 17.4 Å². The molecule has 1 atom stereocenters. The predicted octanol–water partition coefficient (Wildman–Crippen LogP) is 4.09. The fourth-order valence-corrected chi connectivity index (χ4v) is 2.85. The Bertz CT molecular complexity index is 1030. The van der Waals surface area contributed by atoms with Crippen LogP contribution >= 0.6 is 0 Å². The Balaban J connectivity index is 1.63. The van der Waals surface area contributed by atoms with Crippen molar-refractivity contribution in [1.82, 2.24) is 0 Å². The highest BCUT2D eigenvalue weighted by molar-refractivity contribution is 5.99. The lowest BCUT2D eigenvalue weighted by Crippen LogP contribution is -2.30. The molecule has 3 aromatic rings. The molecule has 1 aromatic heterocycles. The Morgan fingerprint density at radius 3 is 2.48 bits per heavy atom. The number of carbonyl (C=O) groups is 2. The zero-order chi connectivity index (χ0) is 22.2. The van der Waals surface area contributed by atoms with Gasteiger partial charge in [0.15, 0.2) is 17.6 Å². The molecule has 1 unspecified atom stereocenters. The normalized spacial score (nSPS) is 11.3. The molecule has 0 radical (unpaired) electrons. The van der Waals surface area contributed by atoms with E-state index in [1.54, 1.807) is 54.8 Å². The molecular weight excluding hydrogens is 400 g/mol. The highest BCUT2D eigenvalue weighted by Crippen LogP contribution is 2.29. The second kappa shape index (κ2) is 10.2. The Morgan fingerprint density at radius 2 is 1.77 bits per heavy atom. The van der Waals surface area contributed by atoms with Crippen LogP contribution in [0, 0.1) is 0 Å². The molecule has 0 aliphatic rings. The van der Waals surface area contributed by atoms with Gasteiger partial charge in [-0.3, -0.25) is 4.79 Å². The zero-order valence-electron chi connectivity index (χ0n) is 17.5. The molecule has 0 bridgehead atoms. The highest BCUT2D eigenvalue weighted by atomic mass is 16.5. The van der Waals surface area contributed by atoms with E-state index < -0.39 is 18.0 Å². The van der Waals surface area contributed by atoms with Crippen molar-refractivity contribution in [3.05, 3.63) is 72.2 Å². The zero-order valence-corrected chi connectivity index (χ0v) is 17.5. The van der Waals surface area contributed by atoms with Gasteiger partial charge in [-0.1, -0.05) is 12.1 Å². The number of rotatable bonds is 9. The van der Waals surface area contributed by atoms with Crippen molar-refractivity contribution in [3.63, 3.8) is 0 Å². The minimum atomic E-state index is -1.02. The molecule has 2 aromatic carbocycles. The minimum absolute atomic E-state index is 0.319. The van der Waals surface area contributed by atoms with E-state index in [9.17, 15) is 9.59 Å².